The van der Waals surface area contributed by atoms with Crippen LogP contribution in [0.3, 0.4) is 0 Å². The maximum Gasteiger partial charge on any atom is 0.318 e. The molecule has 1 N–H and O–H groups in total. The van der Waals surface area contributed by atoms with Crippen molar-refractivity contribution < 1.29 is 24.0 Å². The molecule has 3 aromatic carbocycles. The van der Waals surface area contributed by atoms with Gasteiger partial charge in [0.05, 0.1) is 17.6 Å². The standard InChI is InChI=1S/C24H22N2O6/c1-2-31-19-13-14-20(21(15-19)26(29)30)25-22(27)16-32-24(28)23(17-9-5-3-6-10-17)18-11-7-4-8-12-18/h3-15,23H,2,16H2,1H3,(H,25,27). The van der Waals surface area contributed by atoms with E-state index in [4.69, 9.17) is 9.47 Å². The van der Waals surface area contributed by atoms with E-state index in [1.54, 1.807) is 6.92 Å². The van der Waals surface area contributed by atoms with Gasteiger partial charge in [0.2, 0.25) is 0 Å². The number of nitro groups is 1. The Morgan fingerprint density at radius 2 is 1.56 bits per heavy atom. The number of nitrogens with one attached hydrogen (secondary N) is 1. The normalized spacial score (nSPS) is 10.4. The minimum atomic E-state index is -0.704. The third-order valence-electron chi connectivity index (χ3n) is 4.60. The van der Waals surface area contributed by atoms with Crippen molar-refractivity contribution in [2.75, 3.05) is 18.5 Å². The van der Waals surface area contributed by atoms with Crippen molar-refractivity contribution in [2.45, 2.75) is 12.8 Å². The van der Waals surface area contributed by atoms with Crippen molar-refractivity contribution in [3.63, 3.8) is 0 Å². The number of carbonyl (C=O) groups is 2. The summed E-state index contributed by atoms with van der Waals surface area (Å²) in [5, 5.41) is 13.8. The van der Waals surface area contributed by atoms with Crippen LogP contribution in [-0.4, -0.2) is 30.0 Å². The van der Waals surface area contributed by atoms with Crippen LogP contribution >= 0.6 is 0 Å². The zero-order chi connectivity index (χ0) is 22.9. The smallest absolute Gasteiger partial charge is 0.318 e. The maximum atomic E-state index is 12.9. The van der Waals surface area contributed by atoms with Crippen LogP contribution in [0.1, 0.15) is 24.0 Å². The molecule has 0 saturated heterocycles. The number of amides is 1. The van der Waals surface area contributed by atoms with E-state index >= 15 is 0 Å². The number of rotatable bonds is 9. The molecule has 0 bridgehead atoms. The second-order valence-electron chi connectivity index (χ2n) is 6.78. The van der Waals surface area contributed by atoms with E-state index in [-0.39, 0.29) is 11.4 Å². The fourth-order valence-electron chi connectivity index (χ4n) is 3.19. The Balaban J connectivity index is 1.71. The Morgan fingerprint density at radius 1 is 0.969 bits per heavy atom. The van der Waals surface area contributed by atoms with Gasteiger partial charge in [-0.3, -0.25) is 19.7 Å². The molecule has 3 rings (SSSR count). The van der Waals surface area contributed by atoms with E-state index in [0.717, 1.165) is 11.1 Å². The van der Waals surface area contributed by atoms with Gasteiger partial charge in [-0.05, 0) is 30.2 Å². The topological polar surface area (TPSA) is 108 Å². The summed E-state index contributed by atoms with van der Waals surface area (Å²) in [6.45, 7) is 1.52. The van der Waals surface area contributed by atoms with Crippen LogP contribution in [-0.2, 0) is 14.3 Å². The third-order valence-corrected chi connectivity index (χ3v) is 4.60. The van der Waals surface area contributed by atoms with Crippen LogP contribution in [0.15, 0.2) is 78.9 Å². The second-order valence-corrected chi connectivity index (χ2v) is 6.78. The largest absolute Gasteiger partial charge is 0.494 e. The van der Waals surface area contributed by atoms with E-state index < -0.39 is 29.3 Å². The minimum absolute atomic E-state index is 0.0119. The average Bonchev–Trinajstić information content (AvgIpc) is 2.80. The Labute approximate surface area is 184 Å². The fraction of sp³-hybridized carbons (Fsp3) is 0.167. The number of benzene rings is 3. The van der Waals surface area contributed by atoms with Crippen molar-refractivity contribution in [1.29, 1.82) is 0 Å². The van der Waals surface area contributed by atoms with Gasteiger partial charge in [-0.15, -0.1) is 0 Å². The fourth-order valence-corrected chi connectivity index (χ4v) is 3.19. The molecule has 0 fully saturated rings. The molecular weight excluding hydrogens is 412 g/mol. The van der Waals surface area contributed by atoms with Gasteiger partial charge in [-0.1, -0.05) is 60.7 Å². The van der Waals surface area contributed by atoms with Gasteiger partial charge in [0.25, 0.3) is 11.6 Å². The summed E-state index contributed by atoms with van der Waals surface area (Å²) in [4.78, 5) is 35.9. The Bertz CT molecular complexity index is 1050. The number of nitro benzene ring substituents is 1. The summed E-state index contributed by atoms with van der Waals surface area (Å²) >= 11 is 0. The average molecular weight is 434 g/mol. The van der Waals surface area contributed by atoms with Crippen molar-refractivity contribution in [2.24, 2.45) is 0 Å². The van der Waals surface area contributed by atoms with Crippen LogP contribution in [0.25, 0.3) is 0 Å². The van der Waals surface area contributed by atoms with Crippen molar-refractivity contribution >= 4 is 23.3 Å². The predicted octanol–water partition coefficient (Wildman–Crippen LogP) is 4.31. The number of hydrogen-bond acceptors (Lipinski definition) is 6. The Morgan fingerprint density at radius 3 is 2.09 bits per heavy atom. The molecule has 3 aromatic rings. The molecule has 8 nitrogen and oxygen atoms in total. The molecule has 1 amide bonds. The third kappa shape index (κ3) is 5.69. The van der Waals surface area contributed by atoms with Crippen LogP contribution in [0.5, 0.6) is 5.75 Å². The minimum Gasteiger partial charge on any atom is -0.494 e. The van der Waals surface area contributed by atoms with Gasteiger partial charge >= 0.3 is 5.97 Å². The Kier molecular flexibility index (Phi) is 7.53. The van der Waals surface area contributed by atoms with Gasteiger partial charge in [0.1, 0.15) is 17.4 Å². The first-order valence-electron chi connectivity index (χ1n) is 9.97. The van der Waals surface area contributed by atoms with Crippen molar-refractivity contribution in [3.8, 4) is 5.75 Å². The molecule has 0 heterocycles. The lowest BCUT2D eigenvalue weighted by atomic mass is 9.91. The van der Waals surface area contributed by atoms with E-state index in [2.05, 4.69) is 5.32 Å². The molecule has 0 aliphatic rings. The van der Waals surface area contributed by atoms with Gasteiger partial charge in [-0.2, -0.15) is 0 Å². The summed E-state index contributed by atoms with van der Waals surface area (Å²) < 4.78 is 10.5. The number of esters is 1. The molecule has 0 aromatic heterocycles. The van der Waals surface area contributed by atoms with Gasteiger partial charge < -0.3 is 14.8 Å². The van der Waals surface area contributed by atoms with E-state index in [9.17, 15) is 19.7 Å². The van der Waals surface area contributed by atoms with Gasteiger partial charge in [0, 0.05) is 0 Å². The molecule has 8 heteroatoms. The SMILES string of the molecule is CCOc1ccc(NC(=O)COC(=O)C(c2ccccc2)c2ccccc2)c([N+](=O)[O-])c1. The molecule has 0 unspecified atom stereocenters. The monoisotopic (exact) mass is 434 g/mol. The van der Waals surface area contributed by atoms with Gasteiger partial charge in [0.15, 0.2) is 6.61 Å². The van der Waals surface area contributed by atoms with E-state index in [1.165, 1.54) is 18.2 Å². The number of nitrogens with zero attached hydrogens (tertiary/aromatic N) is 1. The van der Waals surface area contributed by atoms with Crippen LogP contribution in [0.4, 0.5) is 11.4 Å². The summed E-state index contributed by atoms with van der Waals surface area (Å²) in [5.41, 5.74) is 1.13. The number of ether oxygens (including phenoxy) is 2. The highest BCUT2D eigenvalue weighted by atomic mass is 16.6. The molecule has 32 heavy (non-hydrogen) atoms. The maximum absolute atomic E-state index is 12.9. The van der Waals surface area contributed by atoms with Crippen LogP contribution in [0.2, 0.25) is 0 Å². The summed E-state index contributed by atoms with van der Waals surface area (Å²) in [6.07, 6.45) is 0. The number of carbonyl (C=O) groups excluding carboxylic acids is 2. The molecule has 0 atom stereocenters. The highest BCUT2D eigenvalue weighted by Crippen LogP contribution is 2.29. The first kappa shape index (κ1) is 22.5. The highest BCUT2D eigenvalue weighted by molar-refractivity contribution is 5.95. The van der Waals surface area contributed by atoms with Crippen molar-refractivity contribution in [3.05, 3.63) is 100 Å². The zero-order valence-electron chi connectivity index (χ0n) is 17.4. The molecule has 0 spiro atoms. The molecule has 0 radical (unpaired) electrons. The molecule has 0 aliphatic heterocycles. The van der Waals surface area contributed by atoms with Gasteiger partial charge in [-0.25, -0.2) is 0 Å². The lowest BCUT2D eigenvalue weighted by molar-refractivity contribution is -0.384. The molecule has 0 saturated carbocycles. The van der Waals surface area contributed by atoms with Crippen molar-refractivity contribution in [1.82, 2.24) is 0 Å². The predicted molar refractivity (Wildman–Crippen MR) is 119 cm³/mol. The first-order chi connectivity index (χ1) is 15.5. The summed E-state index contributed by atoms with van der Waals surface area (Å²) in [5.74, 6) is -1.67. The zero-order valence-corrected chi connectivity index (χ0v) is 17.4. The number of hydrogen-bond donors (Lipinski definition) is 1. The quantitative estimate of drug-likeness (QED) is 0.305. The second kappa shape index (κ2) is 10.7. The Hall–Kier alpha value is -4.20. The summed E-state index contributed by atoms with van der Waals surface area (Å²) in [7, 11) is 0. The van der Waals surface area contributed by atoms with Crippen LogP contribution in [0, 0.1) is 10.1 Å². The number of anilines is 1. The molecule has 0 aliphatic carbocycles. The lowest BCUT2D eigenvalue weighted by Gasteiger charge is -2.17. The molecular formula is C24H22N2O6. The lowest BCUT2D eigenvalue weighted by Crippen LogP contribution is -2.24. The molecule has 164 valence electrons. The summed E-state index contributed by atoms with van der Waals surface area (Å²) in [6, 6.07) is 22.3. The first-order valence-corrected chi connectivity index (χ1v) is 9.97. The van der Waals surface area contributed by atoms with E-state index in [0.29, 0.717) is 12.4 Å². The van der Waals surface area contributed by atoms with Crippen LogP contribution < -0.4 is 10.1 Å². The van der Waals surface area contributed by atoms with E-state index in [1.807, 2.05) is 60.7 Å². The highest BCUT2D eigenvalue weighted by Gasteiger charge is 2.25.